The van der Waals surface area contributed by atoms with E-state index < -0.39 is 0 Å². The summed E-state index contributed by atoms with van der Waals surface area (Å²) in [7, 11) is 0. The van der Waals surface area contributed by atoms with E-state index in [0.717, 1.165) is 22.9 Å². The molecule has 0 spiro atoms. The quantitative estimate of drug-likeness (QED) is 0.796. The van der Waals surface area contributed by atoms with Crippen molar-refractivity contribution in [1.29, 1.82) is 0 Å². The monoisotopic (exact) mass is 226 g/mol. The second kappa shape index (κ2) is 6.51. The molecule has 0 heterocycles. The lowest BCUT2D eigenvalue weighted by Crippen LogP contribution is -1.95. The molecule has 0 aliphatic rings. The molecule has 1 N–H and O–H groups in total. The van der Waals surface area contributed by atoms with Crippen molar-refractivity contribution in [2.24, 2.45) is 0 Å². The highest BCUT2D eigenvalue weighted by atomic mass is 32.2. The number of thioether (sulfide) groups is 1. The van der Waals surface area contributed by atoms with Crippen molar-refractivity contribution in [2.75, 3.05) is 6.26 Å². The second-order valence-electron chi connectivity index (χ2n) is 2.97. The molecule has 1 aromatic carbocycles. The van der Waals surface area contributed by atoms with Crippen molar-refractivity contribution in [1.82, 2.24) is 0 Å². The van der Waals surface area contributed by atoms with Gasteiger partial charge in [-0.3, -0.25) is 4.79 Å². The van der Waals surface area contributed by atoms with E-state index in [1.807, 2.05) is 26.8 Å². The van der Waals surface area contributed by atoms with E-state index in [9.17, 15) is 9.90 Å². The van der Waals surface area contributed by atoms with Crippen molar-refractivity contribution in [2.45, 2.75) is 27.7 Å². The molecule has 0 aliphatic carbocycles. The maximum atomic E-state index is 11.3. The molecule has 2 nitrogen and oxygen atoms in total. The minimum atomic E-state index is -0.0932. The summed E-state index contributed by atoms with van der Waals surface area (Å²) in [4.78, 5) is 11.3. The van der Waals surface area contributed by atoms with Crippen molar-refractivity contribution in [3.05, 3.63) is 28.8 Å². The molecule has 84 valence electrons. The van der Waals surface area contributed by atoms with Gasteiger partial charge in [0.2, 0.25) is 5.12 Å². The van der Waals surface area contributed by atoms with Crippen LogP contribution in [0.5, 0.6) is 5.75 Å². The minimum Gasteiger partial charge on any atom is -0.507 e. The first-order valence-electron chi connectivity index (χ1n) is 4.94. The maximum absolute atomic E-state index is 11.3. The van der Waals surface area contributed by atoms with Gasteiger partial charge in [0.15, 0.2) is 0 Å². The van der Waals surface area contributed by atoms with Crippen LogP contribution in [0, 0.1) is 13.8 Å². The Morgan fingerprint density at radius 2 is 1.80 bits per heavy atom. The number of hydrogen-bond acceptors (Lipinski definition) is 3. The summed E-state index contributed by atoms with van der Waals surface area (Å²) in [6.45, 7) is 7.70. The van der Waals surface area contributed by atoms with Gasteiger partial charge in [0.05, 0.1) is 5.56 Å². The molecule has 1 rings (SSSR count). The van der Waals surface area contributed by atoms with Gasteiger partial charge in [0.1, 0.15) is 5.75 Å². The van der Waals surface area contributed by atoms with Crippen molar-refractivity contribution >= 4 is 16.9 Å². The average molecular weight is 226 g/mol. The normalized spacial score (nSPS) is 9.13. The highest BCUT2D eigenvalue weighted by Gasteiger charge is 2.12. The Morgan fingerprint density at radius 3 is 2.27 bits per heavy atom. The first-order valence-corrected chi connectivity index (χ1v) is 6.17. The van der Waals surface area contributed by atoms with Crippen LogP contribution in [0.4, 0.5) is 0 Å². The zero-order valence-corrected chi connectivity index (χ0v) is 10.7. The van der Waals surface area contributed by atoms with E-state index in [1.165, 1.54) is 0 Å². The number of carbonyl (C=O) groups excluding carboxylic acids is 1. The Morgan fingerprint density at radius 1 is 1.27 bits per heavy atom. The number of phenolic OH excluding ortho intramolecular Hbond substituents is 1. The Balaban J connectivity index is 0.000000921. The predicted octanol–water partition coefficient (Wildman–Crippen LogP) is 3.54. The Kier molecular flexibility index (Phi) is 6.09. The molecule has 15 heavy (non-hydrogen) atoms. The van der Waals surface area contributed by atoms with E-state index in [-0.39, 0.29) is 10.9 Å². The molecule has 0 aromatic heterocycles. The highest BCUT2D eigenvalue weighted by Crippen LogP contribution is 2.26. The van der Waals surface area contributed by atoms with Gasteiger partial charge in [-0.1, -0.05) is 31.7 Å². The van der Waals surface area contributed by atoms with Gasteiger partial charge >= 0.3 is 0 Å². The van der Waals surface area contributed by atoms with Crippen LogP contribution >= 0.6 is 11.8 Å². The second-order valence-corrected chi connectivity index (χ2v) is 3.75. The number of aryl methyl sites for hydroxylation is 2. The lowest BCUT2D eigenvalue weighted by molar-refractivity contribution is 0.108. The summed E-state index contributed by atoms with van der Waals surface area (Å²) in [5.74, 6) is 0.102. The fourth-order valence-corrected chi connectivity index (χ4v) is 1.60. The van der Waals surface area contributed by atoms with Crippen LogP contribution in [0.15, 0.2) is 12.1 Å². The zero-order valence-electron chi connectivity index (χ0n) is 9.92. The van der Waals surface area contributed by atoms with Crippen LogP contribution in [0.3, 0.4) is 0 Å². The van der Waals surface area contributed by atoms with Crippen molar-refractivity contribution < 1.29 is 9.90 Å². The molecule has 3 heteroatoms. The van der Waals surface area contributed by atoms with Crippen LogP contribution < -0.4 is 0 Å². The van der Waals surface area contributed by atoms with E-state index in [4.69, 9.17) is 0 Å². The van der Waals surface area contributed by atoms with E-state index >= 15 is 0 Å². The summed E-state index contributed by atoms with van der Waals surface area (Å²) >= 11 is 1.11. The fourth-order valence-electron chi connectivity index (χ4n) is 1.23. The maximum Gasteiger partial charge on any atom is 0.222 e. The van der Waals surface area contributed by atoms with Crippen molar-refractivity contribution in [3.63, 3.8) is 0 Å². The topological polar surface area (TPSA) is 37.3 Å². The van der Waals surface area contributed by atoms with Gasteiger partial charge in [0, 0.05) is 0 Å². The molecule has 0 bridgehead atoms. The summed E-state index contributed by atoms with van der Waals surface area (Å²) in [5, 5.41) is 9.50. The van der Waals surface area contributed by atoms with Crippen LogP contribution in [0.2, 0.25) is 0 Å². The van der Waals surface area contributed by atoms with Gasteiger partial charge < -0.3 is 5.11 Å². The molecule has 0 atom stereocenters. The Bertz CT molecular complexity index is 346. The number of rotatable bonds is 1. The van der Waals surface area contributed by atoms with Gasteiger partial charge in [0.25, 0.3) is 0 Å². The molecule has 1 aromatic rings. The standard InChI is InChI=1S/C10H12O2S.C2H6/c1-6-4-7(2)9(11)8(5-6)10(12)13-3;1-2/h4-5,11H,1-3H3;1-2H3. The number of aromatic hydroxyl groups is 1. The van der Waals surface area contributed by atoms with Crippen LogP contribution in [-0.4, -0.2) is 16.5 Å². The summed E-state index contributed by atoms with van der Waals surface area (Å²) in [5.41, 5.74) is 2.15. The van der Waals surface area contributed by atoms with Gasteiger partial charge in [-0.2, -0.15) is 0 Å². The first kappa shape index (κ1) is 14.0. The average Bonchev–Trinajstić information content (AvgIpc) is 2.25. The third kappa shape index (κ3) is 3.59. The number of phenols is 1. The first-order chi connectivity index (χ1) is 7.06. The highest BCUT2D eigenvalue weighted by molar-refractivity contribution is 8.13. The molecule has 0 unspecified atom stereocenters. The predicted molar refractivity (Wildman–Crippen MR) is 66.8 cm³/mol. The van der Waals surface area contributed by atoms with E-state index in [0.29, 0.717) is 5.56 Å². The van der Waals surface area contributed by atoms with E-state index in [1.54, 1.807) is 19.2 Å². The van der Waals surface area contributed by atoms with E-state index in [2.05, 4.69) is 0 Å². The summed E-state index contributed by atoms with van der Waals surface area (Å²) < 4.78 is 0. The SMILES string of the molecule is CC.CSC(=O)c1cc(C)cc(C)c1O. The summed E-state index contributed by atoms with van der Waals surface area (Å²) in [6, 6.07) is 3.56. The van der Waals surface area contributed by atoms with Gasteiger partial charge in [-0.25, -0.2) is 0 Å². The molecular formula is C12H18O2S. The summed E-state index contributed by atoms with van der Waals surface area (Å²) in [6.07, 6.45) is 1.71. The third-order valence-corrected chi connectivity index (χ3v) is 2.44. The molecule has 0 amide bonds. The van der Waals surface area contributed by atoms with Crippen molar-refractivity contribution in [3.8, 4) is 5.75 Å². The number of benzene rings is 1. The third-order valence-electron chi connectivity index (χ3n) is 1.85. The van der Waals surface area contributed by atoms with Gasteiger partial charge in [-0.15, -0.1) is 0 Å². The smallest absolute Gasteiger partial charge is 0.222 e. The number of hydrogen-bond donors (Lipinski definition) is 1. The lowest BCUT2D eigenvalue weighted by atomic mass is 10.1. The van der Waals surface area contributed by atoms with Gasteiger partial charge in [-0.05, 0) is 37.3 Å². The van der Waals surface area contributed by atoms with Crippen LogP contribution in [-0.2, 0) is 0 Å². The largest absolute Gasteiger partial charge is 0.507 e. The molecule has 0 aliphatic heterocycles. The molecule has 0 saturated carbocycles. The number of carbonyl (C=O) groups is 1. The molecular weight excluding hydrogens is 208 g/mol. The Labute approximate surface area is 95.7 Å². The molecule has 0 fully saturated rings. The zero-order chi connectivity index (χ0) is 12.0. The molecule has 0 radical (unpaired) electrons. The van der Waals surface area contributed by atoms with Crippen LogP contribution in [0.1, 0.15) is 35.3 Å². The Hall–Kier alpha value is -0.960. The molecule has 0 saturated heterocycles. The van der Waals surface area contributed by atoms with Crippen LogP contribution in [0.25, 0.3) is 0 Å². The fraction of sp³-hybridized carbons (Fsp3) is 0.417. The lowest BCUT2D eigenvalue weighted by Gasteiger charge is -2.06. The minimum absolute atomic E-state index is 0.0932.